The van der Waals surface area contributed by atoms with Gasteiger partial charge in [0, 0.05) is 54.0 Å². The Morgan fingerprint density at radius 3 is 2.85 bits per heavy atom. The molecule has 1 aromatic carbocycles. The standard InChI is InChI=1S/C14H20ClN5/c1-19-13-8-20(3-2-9(13)6-16)14-5-10(15)4-12(18)11(14)7-17/h4-6,16,19H,2-3,7-8,17-18H2,1H3. The molecule has 0 aromatic heterocycles. The van der Waals surface area contributed by atoms with Crippen molar-refractivity contribution in [1.29, 1.82) is 5.41 Å². The number of halogens is 1. The smallest absolute Gasteiger partial charge is 0.0580 e. The molecule has 108 valence electrons. The second-order valence-electron chi connectivity index (χ2n) is 4.77. The molecule has 0 saturated carbocycles. The lowest BCUT2D eigenvalue weighted by molar-refractivity contribution is 0.730. The van der Waals surface area contributed by atoms with Crippen molar-refractivity contribution in [3.8, 4) is 0 Å². The third-order valence-electron chi connectivity index (χ3n) is 3.63. The van der Waals surface area contributed by atoms with E-state index in [1.165, 1.54) is 6.21 Å². The first-order valence-corrected chi connectivity index (χ1v) is 6.91. The number of nitrogen functional groups attached to an aromatic ring is 1. The number of rotatable bonds is 4. The fourth-order valence-corrected chi connectivity index (χ4v) is 2.75. The number of nitrogens with two attached hydrogens (primary N) is 2. The van der Waals surface area contributed by atoms with E-state index in [1.807, 2.05) is 13.1 Å². The highest BCUT2D eigenvalue weighted by Crippen LogP contribution is 2.32. The molecule has 0 saturated heterocycles. The molecule has 1 aliphatic rings. The van der Waals surface area contributed by atoms with E-state index in [2.05, 4.69) is 10.2 Å². The molecular formula is C14H20ClN5. The van der Waals surface area contributed by atoms with E-state index in [-0.39, 0.29) is 0 Å². The molecule has 0 bridgehead atoms. The van der Waals surface area contributed by atoms with Gasteiger partial charge in [-0.1, -0.05) is 11.6 Å². The molecule has 1 aromatic rings. The van der Waals surface area contributed by atoms with Gasteiger partial charge in [-0.05, 0) is 24.1 Å². The van der Waals surface area contributed by atoms with Crippen LogP contribution in [0.25, 0.3) is 0 Å². The van der Waals surface area contributed by atoms with Crippen LogP contribution in [0.1, 0.15) is 12.0 Å². The van der Waals surface area contributed by atoms with Gasteiger partial charge in [0.2, 0.25) is 0 Å². The van der Waals surface area contributed by atoms with E-state index in [4.69, 9.17) is 28.5 Å². The van der Waals surface area contributed by atoms with Crippen LogP contribution in [0, 0.1) is 5.41 Å². The van der Waals surface area contributed by atoms with Gasteiger partial charge in [-0.25, -0.2) is 0 Å². The first-order valence-electron chi connectivity index (χ1n) is 6.53. The van der Waals surface area contributed by atoms with Crippen LogP contribution in [-0.2, 0) is 6.54 Å². The summed E-state index contributed by atoms with van der Waals surface area (Å²) >= 11 is 6.11. The summed E-state index contributed by atoms with van der Waals surface area (Å²) < 4.78 is 0. The molecule has 0 fully saturated rings. The topological polar surface area (TPSA) is 91.2 Å². The number of likely N-dealkylation sites (N-methyl/N-ethyl adjacent to an activating group) is 1. The Bertz CT molecular complexity index is 553. The summed E-state index contributed by atoms with van der Waals surface area (Å²) in [5, 5.41) is 11.2. The van der Waals surface area contributed by atoms with Crippen molar-refractivity contribution in [3.63, 3.8) is 0 Å². The van der Waals surface area contributed by atoms with Crippen LogP contribution >= 0.6 is 11.6 Å². The highest BCUT2D eigenvalue weighted by Gasteiger charge is 2.20. The normalized spacial score (nSPS) is 15.4. The lowest BCUT2D eigenvalue weighted by Gasteiger charge is -2.33. The van der Waals surface area contributed by atoms with E-state index in [1.54, 1.807) is 6.07 Å². The summed E-state index contributed by atoms with van der Waals surface area (Å²) in [6, 6.07) is 3.64. The van der Waals surface area contributed by atoms with Crippen LogP contribution in [0.2, 0.25) is 5.02 Å². The van der Waals surface area contributed by atoms with E-state index >= 15 is 0 Å². The second kappa shape index (κ2) is 6.15. The van der Waals surface area contributed by atoms with Crippen LogP contribution in [0.15, 0.2) is 23.4 Å². The molecule has 0 radical (unpaired) electrons. The summed E-state index contributed by atoms with van der Waals surface area (Å²) in [5.74, 6) is 0. The Kier molecular flexibility index (Phi) is 4.52. The number of hydrogen-bond acceptors (Lipinski definition) is 5. The second-order valence-corrected chi connectivity index (χ2v) is 5.20. The molecule has 2 rings (SSSR count). The molecule has 0 spiro atoms. The van der Waals surface area contributed by atoms with Gasteiger partial charge in [0.1, 0.15) is 0 Å². The lowest BCUT2D eigenvalue weighted by atomic mass is 10.0. The van der Waals surface area contributed by atoms with Crippen molar-refractivity contribution in [2.75, 3.05) is 30.8 Å². The number of nitrogens with zero attached hydrogens (tertiary/aromatic N) is 1. The summed E-state index contributed by atoms with van der Waals surface area (Å²) in [7, 11) is 1.87. The molecule has 1 aliphatic heterocycles. The van der Waals surface area contributed by atoms with Gasteiger partial charge < -0.3 is 27.1 Å². The molecule has 1 heterocycles. The lowest BCUT2D eigenvalue weighted by Crippen LogP contribution is -2.36. The Balaban J connectivity index is 2.39. The monoisotopic (exact) mass is 293 g/mol. The molecule has 0 amide bonds. The highest BCUT2D eigenvalue weighted by atomic mass is 35.5. The summed E-state index contributed by atoms with van der Waals surface area (Å²) in [6.45, 7) is 1.90. The van der Waals surface area contributed by atoms with Gasteiger partial charge in [0.05, 0.1) is 6.54 Å². The molecule has 5 nitrogen and oxygen atoms in total. The molecule has 0 aliphatic carbocycles. The molecule has 0 atom stereocenters. The zero-order valence-corrected chi connectivity index (χ0v) is 12.3. The maximum absolute atomic E-state index is 7.45. The van der Waals surface area contributed by atoms with Gasteiger partial charge in [0.25, 0.3) is 0 Å². The van der Waals surface area contributed by atoms with Crippen molar-refractivity contribution in [2.24, 2.45) is 5.73 Å². The Morgan fingerprint density at radius 2 is 2.25 bits per heavy atom. The Morgan fingerprint density at radius 1 is 1.50 bits per heavy atom. The molecule has 20 heavy (non-hydrogen) atoms. The number of hydrogen-bond donors (Lipinski definition) is 4. The fraction of sp³-hybridized carbons (Fsp3) is 0.357. The minimum absolute atomic E-state index is 0.380. The molecule has 6 N–H and O–H groups in total. The summed E-state index contributed by atoms with van der Waals surface area (Å²) in [6.07, 6.45) is 2.23. The van der Waals surface area contributed by atoms with Gasteiger partial charge >= 0.3 is 0 Å². The maximum Gasteiger partial charge on any atom is 0.0580 e. The van der Waals surface area contributed by atoms with Crippen molar-refractivity contribution in [1.82, 2.24) is 5.32 Å². The van der Waals surface area contributed by atoms with Gasteiger partial charge in [-0.15, -0.1) is 0 Å². The van der Waals surface area contributed by atoms with Crippen LogP contribution in [-0.4, -0.2) is 26.4 Å². The third kappa shape index (κ3) is 2.73. The third-order valence-corrected chi connectivity index (χ3v) is 3.85. The van der Waals surface area contributed by atoms with E-state index in [0.29, 0.717) is 23.8 Å². The van der Waals surface area contributed by atoms with Crippen LogP contribution in [0.4, 0.5) is 11.4 Å². The Hall–Kier alpha value is -1.72. The van der Waals surface area contributed by atoms with Crippen molar-refractivity contribution < 1.29 is 0 Å². The molecular weight excluding hydrogens is 274 g/mol. The van der Waals surface area contributed by atoms with Gasteiger partial charge in [0.15, 0.2) is 0 Å². The first-order chi connectivity index (χ1) is 9.60. The van der Waals surface area contributed by atoms with Crippen LogP contribution in [0.5, 0.6) is 0 Å². The largest absolute Gasteiger partial charge is 0.398 e. The SMILES string of the molecule is CNC1=C(C=N)CCN(c2cc(Cl)cc(N)c2CN)C1. The van der Waals surface area contributed by atoms with Gasteiger partial charge in [-0.3, -0.25) is 0 Å². The zero-order valence-electron chi connectivity index (χ0n) is 11.5. The van der Waals surface area contributed by atoms with E-state index in [9.17, 15) is 0 Å². The zero-order chi connectivity index (χ0) is 14.7. The predicted molar refractivity (Wildman–Crippen MR) is 85.5 cm³/mol. The molecule has 6 heteroatoms. The number of benzene rings is 1. The Labute approximate surface area is 124 Å². The first kappa shape index (κ1) is 14.7. The predicted octanol–water partition coefficient (Wildman–Crippen LogP) is 1.71. The summed E-state index contributed by atoms with van der Waals surface area (Å²) in [5.41, 5.74) is 16.4. The van der Waals surface area contributed by atoms with E-state index in [0.717, 1.165) is 35.5 Å². The van der Waals surface area contributed by atoms with Crippen molar-refractivity contribution in [2.45, 2.75) is 13.0 Å². The summed E-state index contributed by atoms with van der Waals surface area (Å²) in [4.78, 5) is 2.20. The maximum atomic E-state index is 7.45. The average molecular weight is 294 g/mol. The van der Waals surface area contributed by atoms with Crippen molar-refractivity contribution >= 4 is 29.2 Å². The van der Waals surface area contributed by atoms with Crippen LogP contribution < -0.4 is 21.7 Å². The average Bonchev–Trinajstić information content (AvgIpc) is 2.45. The quantitative estimate of drug-likeness (QED) is 0.502. The van der Waals surface area contributed by atoms with Crippen molar-refractivity contribution in [3.05, 3.63) is 34.0 Å². The number of nitrogens with one attached hydrogen (secondary N) is 2. The minimum atomic E-state index is 0.380. The van der Waals surface area contributed by atoms with E-state index < -0.39 is 0 Å². The highest BCUT2D eigenvalue weighted by molar-refractivity contribution is 6.31. The molecule has 0 unspecified atom stereocenters. The number of anilines is 2. The van der Waals surface area contributed by atoms with Gasteiger partial charge in [-0.2, -0.15) is 0 Å². The fourth-order valence-electron chi connectivity index (χ4n) is 2.53. The van der Waals surface area contributed by atoms with Crippen LogP contribution in [0.3, 0.4) is 0 Å². The minimum Gasteiger partial charge on any atom is -0.398 e.